The van der Waals surface area contributed by atoms with Gasteiger partial charge in [-0.1, -0.05) is 18.9 Å². The van der Waals surface area contributed by atoms with Crippen LogP contribution in [0.1, 0.15) is 36.8 Å². The van der Waals surface area contributed by atoms with Gasteiger partial charge in [0, 0.05) is 0 Å². The number of benzene rings is 1. The summed E-state index contributed by atoms with van der Waals surface area (Å²) < 4.78 is 13.1. The van der Waals surface area contributed by atoms with Crippen LogP contribution in [0.5, 0.6) is 0 Å². The molecular weight excluding hydrogens is 179 g/mol. The van der Waals surface area contributed by atoms with E-state index < -0.39 is 5.60 Å². The van der Waals surface area contributed by atoms with Crippen molar-refractivity contribution in [2.45, 2.75) is 38.2 Å². The minimum atomic E-state index is -0.772. The smallest absolute Gasteiger partial charge is 0.123 e. The van der Waals surface area contributed by atoms with E-state index in [0.717, 1.165) is 36.8 Å². The summed E-state index contributed by atoms with van der Waals surface area (Å²) in [6.07, 6.45) is 3.59. The highest BCUT2D eigenvalue weighted by atomic mass is 19.1. The quantitative estimate of drug-likeness (QED) is 0.728. The minimum absolute atomic E-state index is 0.258. The molecule has 1 aliphatic carbocycles. The Kier molecular flexibility index (Phi) is 2.31. The Morgan fingerprint density at radius 3 is 2.57 bits per heavy atom. The molecule has 0 spiro atoms. The first-order valence-electron chi connectivity index (χ1n) is 5.11. The van der Waals surface area contributed by atoms with E-state index in [1.165, 1.54) is 12.1 Å². The van der Waals surface area contributed by atoms with E-state index in [0.29, 0.717) is 0 Å². The highest BCUT2D eigenvalue weighted by molar-refractivity contribution is 5.32. The summed E-state index contributed by atoms with van der Waals surface area (Å²) in [6.45, 7) is 1.92. The summed E-state index contributed by atoms with van der Waals surface area (Å²) in [4.78, 5) is 0. The van der Waals surface area contributed by atoms with Crippen molar-refractivity contribution in [3.05, 3.63) is 35.1 Å². The molecule has 0 saturated heterocycles. The molecule has 14 heavy (non-hydrogen) atoms. The average Bonchev–Trinajstić information content (AvgIpc) is 2.58. The molecular formula is C12H15FO. The van der Waals surface area contributed by atoms with Gasteiger partial charge in [0.25, 0.3) is 0 Å². The van der Waals surface area contributed by atoms with Gasteiger partial charge < -0.3 is 5.11 Å². The molecule has 76 valence electrons. The number of hydrogen-bond donors (Lipinski definition) is 1. The molecule has 0 heterocycles. The average molecular weight is 194 g/mol. The number of aliphatic hydroxyl groups is 1. The van der Waals surface area contributed by atoms with Gasteiger partial charge in [-0.2, -0.15) is 0 Å². The molecule has 2 rings (SSSR count). The molecule has 1 aromatic carbocycles. The lowest BCUT2D eigenvalue weighted by molar-refractivity contribution is 0.0435. The molecule has 2 heteroatoms. The van der Waals surface area contributed by atoms with Crippen LogP contribution in [-0.2, 0) is 5.60 Å². The lowest BCUT2D eigenvalue weighted by Gasteiger charge is -2.24. The predicted molar refractivity (Wildman–Crippen MR) is 53.5 cm³/mol. The first-order chi connectivity index (χ1) is 6.62. The summed E-state index contributed by atoms with van der Waals surface area (Å²) in [5.74, 6) is -0.258. The summed E-state index contributed by atoms with van der Waals surface area (Å²) in [6, 6.07) is 4.65. The van der Waals surface area contributed by atoms with Crippen LogP contribution in [0.15, 0.2) is 18.2 Å². The Morgan fingerprint density at radius 2 is 1.93 bits per heavy atom. The summed E-state index contributed by atoms with van der Waals surface area (Å²) in [7, 11) is 0. The fourth-order valence-electron chi connectivity index (χ4n) is 2.32. The molecule has 0 aromatic heterocycles. The Balaban J connectivity index is 2.44. The topological polar surface area (TPSA) is 20.2 Å². The van der Waals surface area contributed by atoms with Gasteiger partial charge in [-0.3, -0.25) is 0 Å². The third-order valence-electron chi connectivity index (χ3n) is 3.13. The highest BCUT2D eigenvalue weighted by Gasteiger charge is 2.34. The zero-order valence-corrected chi connectivity index (χ0v) is 8.39. The lowest BCUT2D eigenvalue weighted by Crippen LogP contribution is -2.22. The monoisotopic (exact) mass is 194 g/mol. The second kappa shape index (κ2) is 3.35. The van der Waals surface area contributed by atoms with Gasteiger partial charge in [0.05, 0.1) is 5.60 Å². The second-order valence-corrected chi connectivity index (χ2v) is 4.20. The minimum Gasteiger partial charge on any atom is -0.385 e. The maximum atomic E-state index is 13.1. The van der Waals surface area contributed by atoms with Crippen molar-refractivity contribution in [2.24, 2.45) is 0 Å². The van der Waals surface area contributed by atoms with E-state index in [2.05, 4.69) is 0 Å². The van der Waals surface area contributed by atoms with Gasteiger partial charge in [0.15, 0.2) is 0 Å². The van der Waals surface area contributed by atoms with E-state index in [9.17, 15) is 9.50 Å². The van der Waals surface area contributed by atoms with Crippen molar-refractivity contribution in [3.63, 3.8) is 0 Å². The van der Waals surface area contributed by atoms with Crippen LogP contribution in [0.2, 0.25) is 0 Å². The van der Waals surface area contributed by atoms with Gasteiger partial charge in [-0.15, -0.1) is 0 Å². The Hall–Kier alpha value is -0.890. The third-order valence-corrected chi connectivity index (χ3v) is 3.13. The van der Waals surface area contributed by atoms with Crippen LogP contribution in [0, 0.1) is 12.7 Å². The Labute approximate surface area is 83.6 Å². The summed E-state index contributed by atoms with van der Waals surface area (Å²) in [5, 5.41) is 10.3. The number of aryl methyl sites for hydroxylation is 1. The van der Waals surface area contributed by atoms with Crippen LogP contribution < -0.4 is 0 Å². The van der Waals surface area contributed by atoms with Crippen LogP contribution in [0.3, 0.4) is 0 Å². The first kappa shape index (κ1) is 9.66. The normalized spacial score (nSPS) is 19.9. The third kappa shape index (κ3) is 1.55. The molecule has 1 nitrogen and oxygen atoms in total. The van der Waals surface area contributed by atoms with Crippen LogP contribution in [0.4, 0.5) is 4.39 Å². The maximum absolute atomic E-state index is 13.1. The Morgan fingerprint density at radius 1 is 1.29 bits per heavy atom. The van der Waals surface area contributed by atoms with E-state index in [1.54, 1.807) is 6.07 Å². The molecule has 0 atom stereocenters. The number of halogens is 1. The van der Waals surface area contributed by atoms with Crippen molar-refractivity contribution in [1.29, 1.82) is 0 Å². The van der Waals surface area contributed by atoms with Gasteiger partial charge in [-0.25, -0.2) is 4.39 Å². The Bertz CT molecular complexity index is 340. The van der Waals surface area contributed by atoms with E-state index >= 15 is 0 Å². The van der Waals surface area contributed by atoms with Crippen LogP contribution in [0.25, 0.3) is 0 Å². The molecule has 0 aliphatic heterocycles. The first-order valence-corrected chi connectivity index (χ1v) is 5.11. The summed E-state index contributed by atoms with van der Waals surface area (Å²) in [5.41, 5.74) is 0.984. The standard InChI is InChI=1S/C12H15FO/c1-9-4-5-10(13)8-11(9)12(14)6-2-3-7-12/h4-5,8,14H,2-3,6-7H2,1H3. The van der Waals surface area contributed by atoms with E-state index in [4.69, 9.17) is 0 Å². The second-order valence-electron chi connectivity index (χ2n) is 4.20. The van der Waals surface area contributed by atoms with E-state index in [-0.39, 0.29) is 5.82 Å². The van der Waals surface area contributed by atoms with Gasteiger partial charge >= 0.3 is 0 Å². The van der Waals surface area contributed by atoms with Crippen molar-refractivity contribution in [1.82, 2.24) is 0 Å². The summed E-state index contributed by atoms with van der Waals surface area (Å²) >= 11 is 0. The number of rotatable bonds is 1. The highest BCUT2D eigenvalue weighted by Crippen LogP contribution is 2.39. The van der Waals surface area contributed by atoms with Crippen molar-refractivity contribution in [2.75, 3.05) is 0 Å². The largest absolute Gasteiger partial charge is 0.385 e. The van der Waals surface area contributed by atoms with Gasteiger partial charge in [0.2, 0.25) is 0 Å². The zero-order chi connectivity index (χ0) is 10.2. The van der Waals surface area contributed by atoms with Crippen molar-refractivity contribution < 1.29 is 9.50 Å². The van der Waals surface area contributed by atoms with E-state index in [1.807, 2.05) is 6.92 Å². The molecule has 0 radical (unpaired) electrons. The van der Waals surface area contributed by atoms with Crippen molar-refractivity contribution in [3.8, 4) is 0 Å². The fourth-order valence-corrected chi connectivity index (χ4v) is 2.32. The molecule has 0 amide bonds. The van der Waals surface area contributed by atoms with Gasteiger partial charge in [0.1, 0.15) is 5.82 Å². The molecule has 1 aromatic rings. The van der Waals surface area contributed by atoms with Gasteiger partial charge in [-0.05, 0) is 43.0 Å². The van der Waals surface area contributed by atoms with Crippen molar-refractivity contribution >= 4 is 0 Å². The molecule has 1 fully saturated rings. The lowest BCUT2D eigenvalue weighted by atomic mass is 9.89. The zero-order valence-electron chi connectivity index (χ0n) is 8.39. The molecule has 0 unspecified atom stereocenters. The molecule has 1 aliphatic rings. The SMILES string of the molecule is Cc1ccc(F)cc1C1(O)CCCC1. The fraction of sp³-hybridized carbons (Fsp3) is 0.500. The predicted octanol–water partition coefficient (Wildman–Crippen LogP) is 2.90. The molecule has 0 bridgehead atoms. The van der Waals surface area contributed by atoms with Crippen LogP contribution in [-0.4, -0.2) is 5.11 Å². The molecule has 1 saturated carbocycles. The maximum Gasteiger partial charge on any atom is 0.123 e. The number of hydrogen-bond acceptors (Lipinski definition) is 1. The molecule has 1 N–H and O–H groups in total. The van der Waals surface area contributed by atoms with Crippen LogP contribution >= 0.6 is 0 Å².